The van der Waals surface area contributed by atoms with Crippen LogP contribution in [-0.2, 0) is 14.3 Å². The van der Waals surface area contributed by atoms with Gasteiger partial charge in [0.25, 0.3) is 0 Å². The lowest BCUT2D eigenvalue weighted by molar-refractivity contribution is -0.152. The maximum atomic E-state index is 12.2. The average Bonchev–Trinajstić information content (AvgIpc) is 3.02. The molecule has 0 radical (unpaired) electrons. The highest BCUT2D eigenvalue weighted by Gasteiger charge is 2.39. The number of nitrogens with zero attached hydrogens (tertiary/aromatic N) is 1. The number of aliphatic imine (C=N–C) groups is 1. The van der Waals surface area contributed by atoms with Crippen molar-refractivity contribution in [3.8, 4) is 0 Å². The first-order valence-corrected chi connectivity index (χ1v) is 7.31. The van der Waals surface area contributed by atoms with Crippen molar-refractivity contribution in [1.29, 1.82) is 0 Å². The van der Waals surface area contributed by atoms with Gasteiger partial charge in [0, 0.05) is 5.56 Å². The van der Waals surface area contributed by atoms with Crippen molar-refractivity contribution in [2.45, 2.75) is 19.1 Å². The van der Waals surface area contributed by atoms with Crippen LogP contribution in [0, 0.1) is 0 Å². The third-order valence-electron chi connectivity index (χ3n) is 3.46. The normalized spacial score (nSPS) is 20.1. The predicted octanol–water partition coefficient (Wildman–Crippen LogP) is 3.14. The van der Waals surface area contributed by atoms with Gasteiger partial charge in [-0.2, -0.15) is 0 Å². The molecule has 0 fully saturated rings. The van der Waals surface area contributed by atoms with Crippen molar-refractivity contribution in [3.63, 3.8) is 0 Å². The maximum Gasteiger partial charge on any atom is 0.350 e. The Labute approximate surface area is 129 Å². The lowest BCUT2D eigenvalue weighted by Gasteiger charge is -2.16. The smallest absolute Gasteiger partial charge is 0.350 e. The number of carbonyl (C=O) groups excluding carboxylic acids is 1. The Kier molecular flexibility index (Phi) is 4.19. The molecule has 0 saturated carbocycles. The number of rotatable bonds is 4. The molecule has 2 aromatic carbocycles. The number of hydrogen-bond donors (Lipinski definition) is 0. The summed E-state index contributed by atoms with van der Waals surface area (Å²) in [4.78, 5) is 16.8. The minimum Gasteiger partial charge on any atom is -0.463 e. The fraction of sp³-hybridized carbons (Fsp3) is 0.222. The Morgan fingerprint density at radius 3 is 2.36 bits per heavy atom. The molecule has 3 rings (SSSR count). The third-order valence-corrected chi connectivity index (χ3v) is 3.46. The van der Waals surface area contributed by atoms with Crippen LogP contribution >= 0.6 is 0 Å². The molecule has 1 aliphatic rings. The summed E-state index contributed by atoms with van der Waals surface area (Å²) in [5, 5.41) is 0. The Balaban J connectivity index is 1.94. The standard InChI is InChI=1S/C18H17NO3/c1-2-21-18(20)16-15(13-9-5-3-6-10-13)19-17(22-16)14-11-7-4-8-12-14/h3-12,15-16H,2H2,1H3/t15-,16?/m0/s1. The van der Waals surface area contributed by atoms with Crippen molar-refractivity contribution in [2.24, 2.45) is 4.99 Å². The fourth-order valence-electron chi connectivity index (χ4n) is 2.43. The highest BCUT2D eigenvalue weighted by atomic mass is 16.6. The largest absolute Gasteiger partial charge is 0.463 e. The summed E-state index contributed by atoms with van der Waals surface area (Å²) in [6.45, 7) is 2.10. The van der Waals surface area contributed by atoms with Crippen molar-refractivity contribution in [3.05, 3.63) is 71.8 Å². The Morgan fingerprint density at radius 2 is 1.73 bits per heavy atom. The number of ether oxygens (including phenoxy) is 2. The molecule has 0 aromatic heterocycles. The van der Waals surface area contributed by atoms with Crippen LogP contribution < -0.4 is 0 Å². The molecule has 0 bridgehead atoms. The minimum absolute atomic E-state index is 0.320. The van der Waals surface area contributed by atoms with Crippen molar-refractivity contribution in [1.82, 2.24) is 0 Å². The van der Waals surface area contributed by atoms with Crippen LogP contribution in [0.3, 0.4) is 0 Å². The second-order valence-corrected chi connectivity index (χ2v) is 4.95. The first-order chi connectivity index (χ1) is 10.8. The summed E-state index contributed by atoms with van der Waals surface area (Å²) in [6.07, 6.45) is -0.738. The monoisotopic (exact) mass is 295 g/mol. The molecule has 0 saturated heterocycles. The Hall–Kier alpha value is -2.62. The van der Waals surface area contributed by atoms with E-state index in [9.17, 15) is 4.79 Å². The maximum absolute atomic E-state index is 12.2. The van der Waals surface area contributed by atoms with E-state index in [-0.39, 0.29) is 12.0 Å². The van der Waals surface area contributed by atoms with Gasteiger partial charge < -0.3 is 9.47 Å². The van der Waals surface area contributed by atoms with Crippen LogP contribution in [0.1, 0.15) is 24.1 Å². The van der Waals surface area contributed by atoms with Crippen LogP contribution in [0.5, 0.6) is 0 Å². The van der Waals surface area contributed by atoms with E-state index < -0.39 is 6.10 Å². The lowest BCUT2D eigenvalue weighted by Crippen LogP contribution is -2.29. The summed E-state index contributed by atoms with van der Waals surface area (Å²) >= 11 is 0. The van der Waals surface area contributed by atoms with Gasteiger partial charge in [-0.15, -0.1) is 0 Å². The topological polar surface area (TPSA) is 47.9 Å². The summed E-state index contributed by atoms with van der Waals surface area (Å²) in [5.74, 6) is 0.0959. The highest BCUT2D eigenvalue weighted by molar-refractivity contribution is 5.98. The fourth-order valence-corrected chi connectivity index (χ4v) is 2.43. The van der Waals surface area contributed by atoms with Gasteiger partial charge in [0.15, 0.2) is 0 Å². The van der Waals surface area contributed by atoms with E-state index in [2.05, 4.69) is 4.99 Å². The zero-order valence-corrected chi connectivity index (χ0v) is 12.3. The van der Waals surface area contributed by atoms with Gasteiger partial charge in [0.1, 0.15) is 6.04 Å². The molecule has 112 valence electrons. The average molecular weight is 295 g/mol. The first-order valence-electron chi connectivity index (χ1n) is 7.31. The van der Waals surface area contributed by atoms with Crippen molar-refractivity contribution in [2.75, 3.05) is 6.61 Å². The molecule has 1 unspecified atom stereocenters. The van der Waals surface area contributed by atoms with Gasteiger partial charge in [-0.05, 0) is 24.6 Å². The molecule has 0 aliphatic carbocycles. The SMILES string of the molecule is CCOC(=O)C1OC(c2ccccc2)=N[C@H]1c1ccccc1. The number of hydrogen-bond acceptors (Lipinski definition) is 4. The minimum atomic E-state index is -0.738. The lowest BCUT2D eigenvalue weighted by atomic mass is 10.0. The van der Waals surface area contributed by atoms with Crippen LogP contribution in [0.2, 0.25) is 0 Å². The molecule has 4 heteroatoms. The van der Waals surface area contributed by atoms with Gasteiger partial charge in [-0.3, -0.25) is 0 Å². The molecule has 2 aromatic rings. The van der Waals surface area contributed by atoms with Gasteiger partial charge >= 0.3 is 5.97 Å². The van der Waals surface area contributed by atoms with E-state index in [1.165, 1.54) is 0 Å². The molecule has 0 N–H and O–H groups in total. The van der Waals surface area contributed by atoms with Crippen LogP contribution in [0.25, 0.3) is 0 Å². The van der Waals surface area contributed by atoms with E-state index in [0.29, 0.717) is 12.5 Å². The second-order valence-electron chi connectivity index (χ2n) is 4.95. The van der Waals surface area contributed by atoms with E-state index >= 15 is 0 Å². The van der Waals surface area contributed by atoms with Crippen molar-refractivity contribution < 1.29 is 14.3 Å². The molecular formula is C18H17NO3. The molecule has 2 atom stereocenters. The van der Waals surface area contributed by atoms with Gasteiger partial charge in [0.2, 0.25) is 12.0 Å². The van der Waals surface area contributed by atoms with Crippen molar-refractivity contribution >= 4 is 11.9 Å². The van der Waals surface area contributed by atoms with E-state index in [0.717, 1.165) is 11.1 Å². The van der Waals surface area contributed by atoms with Crippen LogP contribution in [0.4, 0.5) is 0 Å². The third kappa shape index (κ3) is 2.86. The second kappa shape index (κ2) is 6.43. The molecule has 4 nitrogen and oxygen atoms in total. The van der Waals surface area contributed by atoms with E-state index in [1.54, 1.807) is 6.92 Å². The van der Waals surface area contributed by atoms with Gasteiger partial charge in [0.05, 0.1) is 6.61 Å². The Bertz CT molecular complexity index is 667. The molecular weight excluding hydrogens is 278 g/mol. The molecule has 0 spiro atoms. The van der Waals surface area contributed by atoms with Crippen LogP contribution in [0.15, 0.2) is 65.7 Å². The summed E-state index contributed by atoms with van der Waals surface area (Å²) in [6, 6.07) is 18.9. The highest BCUT2D eigenvalue weighted by Crippen LogP contribution is 2.31. The van der Waals surface area contributed by atoms with Crippen LogP contribution in [-0.4, -0.2) is 24.6 Å². The molecule has 0 amide bonds. The van der Waals surface area contributed by atoms with Gasteiger partial charge in [-0.1, -0.05) is 48.5 Å². The first kappa shape index (κ1) is 14.3. The molecule has 1 heterocycles. The quantitative estimate of drug-likeness (QED) is 0.814. The molecule has 22 heavy (non-hydrogen) atoms. The summed E-state index contributed by atoms with van der Waals surface area (Å²) in [5.41, 5.74) is 1.79. The number of benzene rings is 2. The molecule has 1 aliphatic heterocycles. The number of esters is 1. The zero-order chi connectivity index (χ0) is 15.4. The predicted molar refractivity (Wildman–Crippen MR) is 83.7 cm³/mol. The summed E-state index contributed by atoms with van der Waals surface area (Å²) < 4.78 is 10.9. The zero-order valence-electron chi connectivity index (χ0n) is 12.3. The van der Waals surface area contributed by atoms with E-state index in [4.69, 9.17) is 9.47 Å². The summed E-state index contributed by atoms with van der Waals surface area (Å²) in [7, 11) is 0. The van der Waals surface area contributed by atoms with E-state index in [1.807, 2.05) is 60.7 Å². The van der Waals surface area contributed by atoms with Gasteiger partial charge in [-0.25, -0.2) is 9.79 Å². The Morgan fingerprint density at radius 1 is 1.09 bits per heavy atom. The number of carbonyl (C=O) groups is 1.